The second kappa shape index (κ2) is 9.21. The Morgan fingerprint density at radius 2 is 1.70 bits per heavy atom. The van der Waals surface area contributed by atoms with Gasteiger partial charge in [-0.3, -0.25) is 0 Å². The summed E-state index contributed by atoms with van der Waals surface area (Å²) in [5.74, 6) is -1.32. The molecule has 8 heteroatoms. The van der Waals surface area contributed by atoms with Crippen LogP contribution in [0.25, 0.3) is 0 Å². The van der Waals surface area contributed by atoms with Gasteiger partial charge in [0.25, 0.3) is 0 Å². The molecule has 1 aliphatic heterocycles. The molecule has 2 aromatic rings. The van der Waals surface area contributed by atoms with Crippen molar-refractivity contribution in [2.75, 3.05) is 6.61 Å². The van der Waals surface area contributed by atoms with E-state index < -0.39 is 29.8 Å². The maximum atomic E-state index is 13.0. The van der Waals surface area contributed by atoms with E-state index in [1.54, 1.807) is 31.2 Å². The molecule has 0 fully saturated rings. The third kappa shape index (κ3) is 4.83. The summed E-state index contributed by atoms with van der Waals surface area (Å²) >= 11 is 0. The molecule has 0 aliphatic carbocycles. The summed E-state index contributed by atoms with van der Waals surface area (Å²) in [7, 11) is 0. The minimum Gasteiger partial charge on any atom is -0.462 e. The second-order valence-electron chi connectivity index (χ2n) is 6.67. The standard InChI is InChI=1S/C22H21FN2O5/c1-3-12-29-21(27)18-13(2)24-22(28)25-19(18)14-6-10-17(11-7-14)30-20(26)15-4-8-16(23)9-5-15/h4-11,19H,3,12H2,1-2H3,(H2,24,25,28). The van der Waals surface area contributed by atoms with Crippen molar-refractivity contribution in [1.82, 2.24) is 10.6 Å². The van der Waals surface area contributed by atoms with Crippen LogP contribution in [0.1, 0.15) is 42.2 Å². The first-order valence-corrected chi connectivity index (χ1v) is 9.42. The molecule has 1 heterocycles. The van der Waals surface area contributed by atoms with Crippen molar-refractivity contribution in [3.05, 3.63) is 76.7 Å². The molecular formula is C22H21FN2O5. The highest BCUT2D eigenvalue weighted by atomic mass is 19.1. The van der Waals surface area contributed by atoms with Crippen molar-refractivity contribution < 1.29 is 28.2 Å². The number of carbonyl (C=O) groups is 3. The number of benzene rings is 2. The zero-order chi connectivity index (χ0) is 21.7. The SMILES string of the molecule is CCCOC(=O)C1=C(C)NC(=O)NC1c1ccc(OC(=O)c2ccc(F)cc2)cc1. The van der Waals surface area contributed by atoms with Gasteiger partial charge >= 0.3 is 18.0 Å². The van der Waals surface area contributed by atoms with E-state index in [-0.39, 0.29) is 17.9 Å². The molecule has 0 saturated heterocycles. The average Bonchev–Trinajstić information content (AvgIpc) is 2.72. The molecular weight excluding hydrogens is 391 g/mol. The zero-order valence-electron chi connectivity index (χ0n) is 16.5. The number of hydrogen-bond acceptors (Lipinski definition) is 5. The maximum Gasteiger partial charge on any atom is 0.343 e. The van der Waals surface area contributed by atoms with Crippen LogP contribution in [-0.4, -0.2) is 24.6 Å². The third-order valence-electron chi connectivity index (χ3n) is 4.43. The first-order chi connectivity index (χ1) is 14.4. The fraction of sp³-hybridized carbons (Fsp3) is 0.227. The molecule has 0 radical (unpaired) electrons. The third-order valence-corrected chi connectivity index (χ3v) is 4.43. The summed E-state index contributed by atoms with van der Waals surface area (Å²) in [5.41, 5.74) is 1.55. The molecule has 7 nitrogen and oxygen atoms in total. The lowest BCUT2D eigenvalue weighted by atomic mass is 9.95. The fourth-order valence-corrected chi connectivity index (χ4v) is 2.97. The highest BCUT2D eigenvalue weighted by Crippen LogP contribution is 2.29. The van der Waals surface area contributed by atoms with Gasteiger partial charge in [-0.25, -0.2) is 18.8 Å². The molecule has 2 amide bonds. The largest absolute Gasteiger partial charge is 0.462 e. The smallest absolute Gasteiger partial charge is 0.343 e. The Morgan fingerprint density at radius 1 is 1.03 bits per heavy atom. The van der Waals surface area contributed by atoms with Crippen LogP contribution in [0.2, 0.25) is 0 Å². The summed E-state index contributed by atoms with van der Waals surface area (Å²) in [4.78, 5) is 36.6. The molecule has 0 saturated carbocycles. The van der Waals surface area contributed by atoms with Crippen molar-refractivity contribution in [2.45, 2.75) is 26.3 Å². The first-order valence-electron chi connectivity index (χ1n) is 9.42. The Hall–Kier alpha value is -3.68. The number of ether oxygens (including phenoxy) is 2. The van der Waals surface area contributed by atoms with Crippen molar-refractivity contribution in [3.63, 3.8) is 0 Å². The van der Waals surface area contributed by atoms with Gasteiger partial charge in [-0.15, -0.1) is 0 Å². The van der Waals surface area contributed by atoms with Gasteiger partial charge in [0.05, 0.1) is 23.8 Å². The Balaban J connectivity index is 1.78. The molecule has 2 aromatic carbocycles. The Bertz CT molecular complexity index is 984. The Labute approximate surface area is 172 Å². The van der Waals surface area contributed by atoms with Gasteiger partial charge in [0.1, 0.15) is 11.6 Å². The van der Waals surface area contributed by atoms with Gasteiger partial charge < -0.3 is 20.1 Å². The molecule has 3 rings (SSSR count). The number of esters is 2. The molecule has 0 aromatic heterocycles. The van der Waals surface area contributed by atoms with Gasteiger partial charge in [0.2, 0.25) is 0 Å². The van der Waals surface area contributed by atoms with Crippen LogP contribution in [0.5, 0.6) is 5.75 Å². The molecule has 2 N–H and O–H groups in total. The minimum absolute atomic E-state index is 0.214. The van der Waals surface area contributed by atoms with Crippen LogP contribution in [0, 0.1) is 5.82 Å². The van der Waals surface area contributed by atoms with E-state index in [1.807, 2.05) is 6.92 Å². The molecule has 1 atom stereocenters. The summed E-state index contributed by atoms with van der Waals surface area (Å²) < 4.78 is 23.5. The molecule has 1 aliphatic rings. The van der Waals surface area contributed by atoms with E-state index in [2.05, 4.69) is 10.6 Å². The van der Waals surface area contributed by atoms with Crippen molar-refractivity contribution in [1.29, 1.82) is 0 Å². The Morgan fingerprint density at radius 3 is 2.33 bits per heavy atom. The predicted octanol–water partition coefficient (Wildman–Crippen LogP) is 3.63. The zero-order valence-corrected chi connectivity index (χ0v) is 16.5. The second-order valence-corrected chi connectivity index (χ2v) is 6.67. The lowest BCUT2D eigenvalue weighted by Gasteiger charge is -2.28. The van der Waals surface area contributed by atoms with E-state index >= 15 is 0 Å². The van der Waals surface area contributed by atoms with Gasteiger partial charge in [0.15, 0.2) is 0 Å². The number of hydrogen-bond donors (Lipinski definition) is 2. The van der Waals surface area contributed by atoms with E-state index in [1.165, 1.54) is 24.3 Å². The van der Waals surface area contributed by atoms with Crippen LogP contribution >= 0.6 is 0 Å². The van der Waals surface area contributed by atoms with Gasteiger partial charge in [0, 0.05) is 5.70 Å². The highest BCUT2D eigenvalue weighted by molar-refractivity contribution is 5.95. The number of urea groups is 1. The average molecular weight is 412 g/mol. The minimum atomic E-state index is -0.704. The van der Waals surface area contributed by atoms with Crippen LogP contribution in [0.4, 0.5) is 9.18 Å². The number of allylic oxidation sites excluding steroid dienone is 1. The fourth-order valence-electron chi connectivity index (χ4n) is 2.97. The summed E-state index contributed by atoms with van der Waals surface area (Å²) in [6, 6.07) is 10.3. The van der Waals surface area contributed by atoms with Crippen molar-refractivity contribution in [2.24, 2.45) is 0 Å². The molecule has 1 unspecified atom stereocenters. The molecule has 0 bridgehead atoms. The van der Waals surface area contributed by atoms with Gasteiger partial charge in [-0.05, 0) is 55.3 Å². The highest BCUT2D eigenvalue weighted by Gasteiger charge is 2.32. The van der Waals surface area contributed by atoms with Gasteiger partial charge in [-0.2, -0.15) is 0 Å². The summed E-state index contributed by atoms with van der Waals surface area (Å²) in [6.07, 6.45) is 0.677. The quantitative estimate of drug-likeness (QED) is 0.558. The Kier molecular flexibility index (Phi) is 6.46. The molecule has 0 spiro atoms. The first kappa shape index (κ1) is 21.0. The lowest BCUT2D eigenvalue weighted by Crippen LogP contribution is -2.45. The van der Waals surface area contributed by atoms with E-state index in [4.69, 9.17) is 9.47 Å². The van der Waals surface area contributed by atoms with E-state index in [0.717, 1.165) is 0 Å². The topological polar surface area (TPSA) is 93.7 Å². The number of rotatable bonds is 6. The molecule has 156 valence electrons. The lowest BCUT2D eigenvalue weighted by molar-refractivity contribution is -0.139. The van der Waals surface area contributed by atoms with Crippen LogP contribution in [0.15, 0.2) is 59.8 Å². The van der Waals surface area contributed by atoms with Crippen molar-refractivity contribution >= 4 is 18.0 Å². The van der Waals surface area contributed by atoms with E-state index in [9.17, 15) is 18.8 Å². The predicted molar refractivity (Wildman–Crippen MR) is 106 cm³/mol. The van der Waals surface area contributed by atoms with Gasteiger partial charge in [-0.1, -0.05) is 19.1 Å². The van der Waals surface area contributed by atoms with E-state index in [0.29, 0.717) is 23.3 Å². The normalized spacial score (nSPS) is 15.8. The van der Waals surface area contributed by atoms with Crippen molar-refractivity contribution in [3.8, 4) is 5.75 Å². The van der Waals surface area contributed by atoms with Crippen LogP contribution in [0.3, 0.4) is 0 Å². The number of halogens is 1. The summed E-state index contributed by atoms with van der Waals surface area (Å²) in [6.45, 7) is 3.79. The van der Waals surface area contributed by atoms with Crippen LogP contribution < -0.4 is 15.4 Å². The summed E-state index contributed by atoms with van der Waals surface area (Å²) in [5, 5.41) is 5.29. The number of amides is 2. The number of carbonyl (C=O) groups excluding carboxylic acids is 3. The maximum absolute atomic E-state index is 13.0. The number of nitrogens with one attached hydrogen (secondary N) is 2. The molecule has 30 heavy (non-hydrogen) atoms. The van der Waals surface area contributed by atoms with Crippen LogP contribution in [-0.2, 0) is 9.53 Å². The monoisotopic (exact) mass is 412 g/mol.